The topological polar surface area (TPSA) is 48.1 Å². The van der Waals surface area contributed by atoms with E-state index in [0.29, 0.717) is 12.1 Å². The van der Waals surface area contributed by atoms with Crippen LogP contribution in [0.1, 0.15) is 11.4 Å². The van der Waals surface area contributed by atoms with Crippen molar-refractivity contribution in [3.63, 3.8) is 0 Å². The number of pyridine rings is 1. The molecule has 10 heteroatoms. The van der Waals surface area contributed by atoms with Gasteiger partial charge in [0.15, 0.2) is 0 Å². The minimum absolute atomic E-state index is 0.0658. The van der Waals surface area contributed by atoms with Crippen molar-refractivity contribution in [3.8, 4) is 11.5 Å². The van der Waals surface area contributed by atoms with Crippen molar-refractivity contribution in [1.82, 2.24) is 4.98 Å². The summed E-state index contributed by atoms with van der Waals surface area (Å²) in [6.07, 6.45) is -10.1. The van der Waals surface area contributed by atoms with E-state index in [0.717, 1.165) is 0 Å². The first-order chi connectivity index (χ1) is 10.5. The van der Waals surface area contributed by atoms with Crippen LogP contribution in [0.25, 0.3) is 0 Å². The molecule has 3 nitrogen and oxygen atoms in total. The lowest BCUT2D eigenvalue weighted by Crippen LogP contribution is -2.15. The average Bonchev–Trinajstić information content (AvgIpc) is 2.40. The van der Waals surface area contributed by atoms with Gasteiger partial charge in [0.2, 0.25) is 0 Å². The summed E-state index contributed by atoms with van der Waals surface area (Å²) >= 11 is 5.77. The zero-order valence-electron chi connectivity index (χ0n) is 11.0. The van der Waals surface area contributed by atoms with E-state index in [2.05, 4.69) is 4.98 Å². The highest BCUT2D eigenvalue weighted by molar-refractivity contribution is 6.32. The van der Waals surface area contributed by atoms with Gasteiger partial charge in [0.05, 0.1) is 5.02 Å². The molecule has 0 unspecified atom stereocenters. The molecule has 0 atom stereocenters. The summed E-state index contributed by atoms with van der Waals surface area (Å²) in [6.45, 7) is 0. The van der Waals surface area contributed by atoms with Crippen molar-refractivity contribution in [2.75, 3.05) is 5.73 Å². The Morgan fingerprint density at radius 2 is 1.43 bits per heavy atom. The Balaban J connectivity index is 2.49. The summed E-state index contributed by atoms with van der Waals surface area (Å²) in [6, 6.07) is 4.49. The molecular weight excluding hydrogens is 350 g/mol. The molecule has 0 amide bonds. The molecule has 0 saturated carbocycles. The molecule has 0 aliphatic carbocycles. The number of anilines is 1. The lowest BCUT2D eigenvalue weighted by atomic mass is 10.2. The number of ether oxygens (including phenoxy) is 1. The molecule has 124 valence electrons. The average molecular weight is 357 g/mol. The predicted molar refractivity (Wildman–Crippen MR) is 70.2 cm³/mol. The van der Waals surface area contributed by atoms with E-state index in [4.69, 9.17) is 22.1 Å². The second-order valence-electron chi connectivity index (χ2n) is 4.36. The molecular formula is C13H7ClF6N2O. The molecule has 0 fully saturated rings. The molecule has 0 radical (unpaired) electrons. The third-order valence-electron chi connectivity index (χ3n) is 2.56. The smallest absolute Gasteiger partial charge is 0.433 e. The molecule has 23 heavy (non-hydrogen) atoms. The Kier molecular flexibility index (Phi) is 4.34. The van der Waals surface area contributed by atoms with Gasteiger partial charge in [0.25, 0.3) is 0 Å². The van der Waals surface area contributed by atoms with Crippen molar-refractivity contribution in [2.24, 2.45) is 0 Å². The van der Waals surface area contributed by atoms with Crippen molar-refractivity contribution in [3.05, 3.63) is 46.7 Å². The Bertz CT molecular complexity index is 697. The molecule has 0 saturated heterocycles. The lowest BCUT2D eigenvalue weighted by Gasteiger charge is -2.14. The van der Waals surface area contributed by atoms with Crippen LogP contribution in [0.5, 0.6) is 11.5 Å². The number of benzene rings is 1. The van der Waals surface area contributed by atoms with E-state index in [1.807, 2.05) is 0 Å². The molecule has 0 bridgehead atoms. The lowest BCUT2D eigenvalue weighted by molar-refractivity contribution is -0.150. The van der Waals surface area contributed by atoms with Crippen LogP contribution in [0.4, 0.5) is 32.0 Å². The zero-order chi connectivity index (χ0) is 17.4. The number of hydrogen-bond donors (Lipinski definition) is 1. The van der Waals surface area contributed by atoms with Crippen LogP contribution in [-0.4, -0.2) is 4.98 Å². The van der Waals surface area contributed by atoms with E-state index in [9.17, 15) is 26.3 Å². The predicted octanol–water partition coefficient (Wildman–Crippen LogP) is 5.15. The first-order valence-corrected chi connectivity index (χ1v) is 6.24. The quantitative estimate of drug-likeness (QED) is 0.598. The summed E-state index contributed by atoms with van der Waals surface area (Å²) in [5, 5.41) is -0.0658. The Morgan fingerprint density at radius 1 is 0.913 bits per heavy atom. The minimum atomic E-state index is -5.07. The standard InChI is InChI=1S/C13H7ClF6N2O/c14-8-3-6(21)1-2-9(8)23-7-4-10(12(15,16)17)22-11(5-7)13(18,19)20/h1-5H,21H2. The van der Waals surface area contributed by atoms with E-state index in [-0.39, 0.29) is 16.5 Å². The van der Waals surface area contributed by atoms with Crippen LogP contribution in [0.3, 0.4) is 0 Å². The summed E-state index contributed by atoms with van der Waals surface area (Å²) < 4.78 is 81.1. The van der Waals surface area contributed by atoms with Gasteiger partial charge in [0, 0.05) is 17.8 Å². The molecule has 1 heterocycles. The van der Waals surface area contributed by atoms with Crippen LogP contribution >= 0.6 is 11.6 Å². The third kappa shape index (κ3) is 4.19. The highest BCUT2D eigenvalue weighted by Gasteiger charge is 2.39. The molecule has 0 aliphatic rings. The highest BCUT2D eigenvalue weighted by atomic mass is 35.5. The maximum absolute atomic E-state index is 12.7. The normalized spacial score (nSPS) is 12.3. The molecule has 2 N–H and O–H groups in total. The second-order valence-corrected chi connectivity index (χ2v) is 4.77. The number of hydrogen-bond acceptors (Lipinski definition) is 3. The van der Waals surface area contributed by atoms with Gasteiger partial charge < -0.3 is 10.5 Å². The van der Waals surface area contributed by atoms with Crippen LogP contribution in [0.15, 0.2) is 30.3 Å². The maximum Gasteiger partial charge on any atom is 0.433 e. The first kappa shape index (κ1) is 17.2. The molecule has 1 aromatic carbocycles. The largest absolute Gasteiger partial charge is 0.456 e. The summed E-state index contributed by atoms with van der Waals surface area (Å²) in [7, 11) is 0. The van der Waals surface area contributed by atoms with Gasteiger partial charge in [-0.2, -0.15) is 26.3 Å². The fourth-order valence-corrected chi connectivity index (χ4v) is 1.81. The Hall–Kier alpha value is -2.16. The van der Waals surface area contributed by atoms with Crippen molar-refractivity contribution in [1.29, 1.82) is 0 Å². The van der Waals surface area contributed by atoms with Crippen LogP contribution in [0, 0.1) is 0 Å². The zero-order valence-corrected chi connectivity index (χ0v) is 11.7. The Labute approximate surface area is 130 Å². The second kappa shape index (κ2) is 5.80. The fraction of sp³-hybridized carbons (Fsp3) is 0.154. The van der Waals surface area contributed by atoms with Crippen LogP contribution in [0.2, 0.25) is 5.02 Å². The van der Waals surface area contributed by atoms with E-state index in [1.165, 1.54) is 18.2 Å². The molecule has 1 aromatic heterocycles. The maximum atomic E-state index is 12.7. The number of nitrogens with zero attached hydrogens (tertiary/aromatic N) is 1. The van der Waals surface area contributed by atoms with Gasteiger partial charge in [-0.3, -0.25) is 0 Å². The third-order valence-corrected chi connectivity index (χ3v) is 2.86. The number of halogens is 7. The summed E-state index contributed by atoms with van der Waals surface area (Å²) in [4.78, 5) is 2.57. The van der Waals surface area contributed by atoms with Gasteiger partial charge in [-0.05, 0) is 18.2 Å². The van der Waals surface area contributed by atoms with E-state index < -0.39 is 29.5 Å². The van der Waals surface area contributed by atoms with Gasteiger partial charge in [0.1, 0.15) is 22.9 Å². The number of aromatic nitrogens is 1. The van der Waals surface area contributed by atoms with E-state index >= 15 is 0 Å². The minimum Gasteiger partial charge on any atom is -0.456 e. The fourth-order valence-electron chi connectivity index (χ4n) is 1.58. The highest BCUT2D eigenvalue weighted by Crippen LogP contribution is 2.38. The molecule has 2 rings (SSSR count). The summed E-state index contributed by atoms with van der Waals surface area (Å²) in [5.74, 6) is -0.848. The molecule has 2 aromatic rings. The Morgan fingerprint density at radius 3 is 1.87 bits per heavy atom. The van der Waals surface area contributed by atoms with E-state index in [1.54, 1.807) is 0 Å². The van der Waals surface area contributed by atoms with Crippen molar-refractivity contribution < 1.29 is 31.1 Å². The number of alkyl halides is 6. The monoisotopic (exact) mass is 356 g/mol. The van der Waals surface area contributed by atoms with Crippen molar-refractivity contribution in [2.45, 2.75) is 12.4 Å². The number of nitrogen functional groups attached to an aromatic ring is 1. The van der Waals surface area contributed by atoms with Crippen molar-refractivity contribution >= 4 is 17.3 Å². The molecule has 0 spiro atoms. The summed E-state index contributed by atoms with van der Waals surface area (Å²) in [5.41, 5.74) is 2.23. The van der Waals surface area contributed by atoms with Gasteiger partial charge >= 0.3 is 12.4 Å². The van der Waals surface area contributed by atoms with Crippen LogP contribution in [-0.2, 0) is 12.4 Å². The first-order valence-electron chi connectivity index (χ1n) is 5.86. The number of rotatable bonds is 2. The number of nitrogens with two attached hydrogens (primary N) is 1. The van der Waals surface area contributed by atoms with Gasteiger partial charge in [-0.15, -0.1) is 0 Å². The van der Waals surface area contributed by atoms with Gasteiger partial charge in [-0.25, -0.2) is 4.98 Å². The van der Waals surface area contributed by atoms with Crippen LogP contribution < -0.4 is 10.5 Å². The molecule has 0 aliphatic heterocycles. The van der Waals surface area contributed by atoms with Gasteiger partial charge in [-0.1, -0.05) is 11.6 Å². The SMILES string of the molecule is Nc1ccc(Oc2cc(C(F)(F)F)nc(C(F)(F)F)c2)c(Cl)c1.